The lowest BCUT2D eigenvalue weighted by molar-refractivity contribution is -0.139. The second-order valence-electron chi connectivity index (χ2n) is 6.45. The van der Waals surface area contributed by atoms with Crippen molar-refractivity contribution in [3.63, 3.8) is 0 Å². The molecule has 7 nitrogen and oxygen atoms in total. The molecule has 0 spiro atoms. The number of nitrogens with zero attached hydrogens (tertiary/aromatic N) is 2. The van der Waals surface area contributed by atoms with Crippen molar-refractivity contribution >= 4 is 18.0 Å². The molecule has 0 aliphatic rings. The fourth-order valence-electron chi connectivity index (χ4n) is 2.99. The summed E-state index contributed by atoms with van der Waals surface area (Å²) in [6.07, 6.45) is 3.04. The maximum Gasteiger partial charge on any atom is 0.341 e. The summed E-state index contributed by atoms with van der Waals surface area (Å²) in [6, 6.07) is 11.3. The van der Waals surface area contributed by atoms with E-state index in [4.69, 9.17) is 9.15 Å². The standard InChI is InChI=1S/C22H22N2O5/c1-14-19(15(2)24(23-14)17-8-6-5-7-9-17)10-11-21(25)28-13-18-12-20(16(3)29-18)22(26)27-4/h5-12H,13H2,1-4H3. The fraction of sp³-hybridized carbons (Fsp3) is 0.227. The molecule has 0 saturated heterocycles. The maximum absolute atomic E-state index is 12.1. The monoisotopic (exact) mass is 394 g/mol. The molecule has 150 valence electrons. The lowest BCUT2D eigenvalue weighted by Gasteiger charge is -2.03. The Kier molecular flexibility index (Phi) is 5.97. The largest absolute Gasteiger partial charge is 0.465 e. The van der Waals surface area contributed by atoms with Gasteiger partial charge in [0.15, 0.2) is 0 Å². The van der Waals surface area contributed by atoms with Gasteiger partial charge in [0.25, 0.3) is 0 Å². The van der Waals surface area contributed by atoms with Crippen LogP contribution < -0.4 is 0 Å². The molecule has 0 radical (unpaired) electrons. The molecule has 0 unspecified atom stereocenters. The van der Waals surface area contributed by atoms with E-state index in [1.54, 1.807) is 13.0 Å². The summed E-state index contributed by atoms with van der Waals surface area (Å²) < 4.78 is 17.1. The molecule has 0 N–H and O–H groups in total. The minimum Gasteiger partial charge on any atom is -0.465 e. The number of hydrogen-bond acceptors (Lipinski definition) is 6. The normalized spacial score (nSPS) is 11.0. The van der Waals surface area contributed by atoms with Crippen LogP contribution in [0.15, 0.2) is 46.9 Å². The van der Waals surface area contributed by atoms with E-state index in [2.05, 4.69) is 9.84 Å². The molecule has 3 rings (SSSR count). The van der Waals surface area contributed by atoms with E-state index >= 15 is 0 Å². The molecule has 3 aromatic rings. The van der Waals surface area contributed by atoms with Crippen molar-refractivity contribution in [2.75, 3.05) is 7.11 Å². The van der Waals surface area contributed by atoms with Gasteiger partial charge in [0.2, 0.25) is 0 Å². The number of aryl methyl sites for hydroxylation is 2. The van der Waals surface area contributed by atoms with Gasteiger partial charge >= 0.3 is 11.9 Å². The fourth-order valence-corrected chi connectivity index (χ4v) is 2.99. The van der Waals surface area contributed by atoms with Crippen molar-refractivity contribution < 1.29 is 23.5 Å². The van der Waals surface area contributed by atoms with E-state index in [9.17, 15) is 9.59 Å². The van der Waals surface area contributed by atoms with Crippen LogP contribution in [0.2, 0.25) is 0 Å². The molecule has 0 bridgehead atoms. The molecular formula is C22H22N2O5. The quantitative estimate of drug-likeness (QED) is 0.465. The molecule has 0 fully saturated rings. The first-order valence-corrected chi connectivity index (χ1v) is 9.04. The number of hydrogen-bond donors (Lipinski definition) is 0. The second-order valence-corrected chi connectivity index (χ2v) is 6.45. The second kappa shape index (κ2) is 8.60. The van der Waals surface area contributed by atoms with Gasteiger partial charge in [-0.05, 0) is 45.0 Å². The summed E-state index contributed by atoms with van der Waals surface area (Å²) in [5.74, 6) is -0.234. The summed E-state index contributed by atoms with van der Waals surface area (Å²) in [5.41, 5.74) is 3.84. The number of esters is 2. The Bertz CT molecular complexity index is 1060. The van der Waals surface area contributed by atoms with Crippen LogP contribution in [0, 0.1) is 20.8 Å². The Morgan fingerprint density at radius 2 is 1.90 bits per heavy atom. The van der Waals surface area contributed by atoms with Crippen molar-refractivity contribution in [1.29, 1.82) is 0 Å². The zero-order valence-electron chi connectivity index (χ0n) is 16.8. The number of furan rings is 1. The summed E-state index contributed by atoms with van der Waals surface area (Å²) >= 11 is 0. The highest BCUT2D eigenvalue weighted by Gasteiger charge is 2.16. The number of carbonyl (C=O) groups excluding carboxylic acids is 2. The Balaban J connectivity index is 1.67. The van der Waals surface area contributed by atoms with Crippen LogP contribution in [0.5, 0.6) is 0 Å². The molecule has 7 heteroatoms. The van der Waals surface area contributed by atoms with E-state index in [1.807, 2.05) is 48.9 Å². The highest BCUT2D eigenvalue weighted by atomic mass is 16.5. The lowest BCUT2D eigenvalue weighted by Crippen LogP contribution is -2.01. The first-order valence-electron chi connectivity index (χ1n) is 9.04. The molecular weight excluding hydrogens is 372 g/mol. The minimum absolute atomic E-state index is 0.0811. The van der Waals surface area contributed by atoms with Gasteiger partial charge in [0.1, 0.15) is 23.7 Å². The molecule has 0 aliphatic heterocycles. The van der Waals surface area contributed by atoms with Crippen LogP contribution in [0.4, 0.5) is 0 Å². The number of benzene rings is 1. The first kappa shape index (κ1) is 20.1. The van der Waals surface area contributed by atoms with Gasteiger partial charge in [-0.25, -0.2) is 14.3 Å². The molecule has 0 saturated carbocycles. The smallest absolute Gasteiger partial charge is 0.341 e. The Labute approximate surface area is 168 Å². The van der Waals surface area contributed by atoms with Gasteiger partial charge in [0, 0.05) is 17.3 Å². The van der Waals surface area contributed by atoms with E-state index in [0.29, 0.717) is 17.1 Å². The lowest BCUT2D eigenvalue weighted by atomic mass is 10.2. The van der Waals surface area contributed by atoms with E-state index in [1.165, 1.54) is 19.3 Å². The Morgan fingerprint density at radius 3 is 2.59 bits per heavy atom. The number of methoxy groups -OCH3 is 1. The summed E-state index contributed by atoms with van der Waals surface area (Å²) in [4.78, 5) is 23.7. The molecule has 2 heterocycles. The Morgan fingerprint density at radius 1 is 1.17 bits per heavy atom. The highest BCUT2D eigenvalue weighted by molar-refractivity contribution is 5.90. The van der Waals surface area contributed by atoms with Crippen LogP contribution in [-0.4, -0.2) is 28.8 Å². The topological polar surface area (TPSA) is 83.6 Å². The van der Waals surface area contributed by atoms with Gasteiger partial charge in [-0.1, -0.05) is 18.2 Å². The summed E-state index contributed by atoms with van der Waals surface area (Å²) in [5, 5.41) is 4.54. The number of carbonyl (C=O) groups is 2. The average molecular weight is 394 g/mol. The van der Waals surface area contributed by atoms with Crippen molar-refractivity contribution in [3.05, 3.63) is 76.5 Å². The molecule has 0 atom stereocenters. The zero-order valence-corrected chi connectivity index (χ0v) is 16.8. The molecule has 0 aliphatic carbocycles. The molecule has 2 aromatic heterocycles. The highest BCUT2D eigenvalue weighted by Crippen LogP contribution is 2.20. The maximum atomic E-state index is 12.1. The van der Waals surface area contributed by atoms with Gasteiger partial charge in [-0.15, -0.1) is 0 Å². The predicted molar refractivity (Wildman–Crippen MR) is 107 cm³/mol. The van der Waals surface area contributed by atoms with Gasteiger partial charge in [-0.2, -0.15) is 5.10 Å². The van der Waals surface area contributed by atoms with E-state index in [-0.39, 0.29) is 6.61 Å². The van der Waals surface area contributed by atoms with E-state index in [0.717, 1.165) is 22.6 Å². The third-order valence-electron chi connectivity index (χ3n) is 4.46. The van der Waals surface area contributed by atoms with Crippen molar-refractivity contribution in [1.82, 2.24) is 9.78 Å². The summed E-state index contributed by atoms with van der Waals surface area (Å²) in [7, 11) is 1.29. The average Bonchev–Trinajstić information content (AvgIpc) is 3.24. The number of ether oxygens (including phenoxy) is 2. The number of para-hydroxylation sites is 1. The predicted octanol–water partition coefficient (Wildman–Crippen LogP) is 3.93. The van der Waals surface area contributed by atoms with Crippen LogP contribution in [0.1, 0.15) is 38.8 Å². The third kappa shape index (κ3) is 4.45. The molecule has 1 aromatic carbocycles. The van der Waals surface area contributed by atoms with E-state index < -0.39 is 11.9 Å². The SMILES string of the molecule is COC(=O)c1cc(COC(=O)C=Cc2c(C)nn(-c3ccccc3)c2C)oc1C. The third-order valence-corrected chi connectivity index (χ3v) is 4.46. The number of aromatic nitrogens is 2. The van der Waals surface area contributed by atoms with Gasteiger partial charge < -0.3 is 13.9 Å². The van der Waals surface area contributed by atoms with Crippen molar-refractivity contribution in [2.45, 2.75) is 27.4 Å². The van der Waals surface area contributed by atoms with Crippen LogP contribution in [0.25, 0.3) is 11.8 Å². The van der Waals surface area contributed by atoms with Crippen LogP contribution in [0.3, 0.4) is 0 Å². The molecule has 0 amide bonds. The van der Waals surface area contributed by atoms with Crippen molar-refractivity contribution in [3.8, 4) is 5.69 Å². The summed E-state index contributed by atoms with van der Waals surface area (Å²) in [6.45, 7) is 5.39. The van der Waals surface area contributed by atoms with Gasteiger partial charge in [0.05, 0.1) is 18.5 Å². The Hall–Kier alpha value is -3.61. The van der Waals surface area contributed by atoms with Crippen LogP contribution in [-0.2, 0) is 20.9 Å². The minimum atomic E-state index is -0.523. The van der Waals surface area contributed by atoms with Gasteiger partial charge in [-0.3, -0.25) is 0 Å². The van der Waals surface area contributed by atoms with Crippen molar-refractivity contribution in [2.24, 2.45) is 0 Å². The first-order chi connectivity index (χ1) is 13.9. The number of rotatable bonds is 6. The molecule has 29 heavy (non-hydrogen) atoms. The zero-order chi connectivity index (χ0) is 21.0. The van der Waals surface area contributed by atoms with Crippen LogP contribution >= 0.6 is 0 Å².